The largest absolute Gasteiger partial charge is 0.497 e. The third kappa shape index (κ3) is 4.01. The van der Waals surface area contributed by atoms with E-state index in [4.69, 9.17) is 21.1 Å². The Hall–Kier alpha value is -3.52. The molecule has 3 aromatic rings. The fourth-order valence-corrected chi connectivity index (χ4v) is 3.90. The van der Waals surface area contributed by atoms with E-state index < -0.39 is 6.04 Å². The summed E-state index contributed by atoms with van der Waals surface area (Å²) in [5.41, 5.74) is 3.04. The van der Waals surface area contributed by atoms with Gasteiger partial charge in [0.2, 0.25) is 5.91 Å². The monoisotopic (exact) mass is 454 g/mol. The molecular formula is C23H23ClN4O4. The van der Waals surface area contributed by atoms with E-state index in [0.29, 0.717) is 34.4 Å². The van der Waals surface area contributed by atoms with E-state index in [1.165, 1.54) is 7.11 Å². The van der Waals surface area contributed by atoms with E-state index in [1.807, 2.05) is 19.1 Å². The molecule has 32 heavy (non-hydrogen) atoms. The van der Waals surface area contributed by atoms with Gasteiger partial charge in [-0.15, -0.1) is 0 Å². The summed E-state index contributed by atoms with van der Waals surface area (Å²) in [5, 5.41) is 11.0. The second-order valence-corrected chi connectivity index (χ2v) is 7.74. The zero-order valence-corrected chi connectivity index (χ0v) is 18.7. The number of nitrogens with zero attached hydrogens (tertiary/aromatic N) is 2. The molecule has 0 saturated heterocycles. The average molecular weight is 455 g/mol. The van der Waals surface area contributed by atoms with Crippen LogP contribution in [0, 0.1) is 0 Å². The van der Waals surface area contributed by atoms with Crippen LogP contribution < -0.4 is 20.1 Å². The topological polar surface area (TPSA) is 94.5 Å². The van der Waals surface area contributed by atoms with Gasteiger partial charge >= 0.3 is 0 Å². The third-order valence-corrected chi connectivity index (χ3v) is 5.60. The summed E-state index contributed by atoms with van der Waals surface area (Å²) in [7, 11) is 3.06. The summed E-state index contributed by atoms with van der Waals surface area (Å²) >= 11 is 6.02. The van der Waals surface area contributed by atoms with Crippen molar-refractivity contribution in [1.82, 2.24) is 9.78 Å². The Morgan fingerprint density at radius 2 is 1.94 bits per heavy atom. The van der Waals surface area contributed by atoms with Gasteiger partial charge in [-0.1, -0.05) is 30.7 Å². The molecule has 0 saturated carbocycles. The molecule has 0 spiro atoms. The van der Waals surface area contributed by atoms with Crippen LogP contribution in [0.1, 0.15) is 25.1 Å². The number of hydrogen-bond acceptors (Lipinski definition) is 5. The van der Waals surface area contributed by atoms with Gasteiger partial charge in [-0.3, -0.25) is 9.59 Å². The molecule has 2 heterocycles. The number of halogens is 1. The van der Waals surface area contributed by atoms with Gasteiger partial charge in [-0.05, 0) is 36.2 Å². The molecule has 2 aromatic carbocycles. The molecule has 1 aliphatic rings. The standard InChI is InChI=1S/C23H23ClN4O4/c1-4-16-21(13-5-7-14(24)8-6-13)22-26-23(30)18(28(22)27-16)12-20(29)25-17-11-15(31-2)9-10-19(17)32-3/h5-11,18H,4,12H2,1-3H3,(H,25,29)(H,26,30). The van der Waals surface area contributed by atoms with Gasteiger partial charge in [0.25, 0.3) is 5.91 Å². The van der Waals surface area contributed by atoms with Crippen LogP contribution in [0.2, 0.25) is 5.02 Å². The number of anilines is 2. The highest BCUT2D eigenvalue weighted by Gasteiger charge is 2.36. The van der Waals surface area contributed by atoms with E-state index in [0.717, 1.165) is 16.8 Å². The summed E-state index contributed by atoms with van der Waals surface area (Å²) in [4.78, 5) is 25.5. The molecule has 0 bridgehead atoms. The second kappa shape index (κ2) is 8.92. The molecule has 2 N–H and O–H groups in total. The first kappa shape index (κ1) is 21.7. The summed E-state index contributed by atoms with van der Waals surface area (Å²) in [6, 6.07) is 11.7. The Morgan fingerprint density at radius 3 is 2.59 bits per heavy atom. The lowest BCUT2D eigenvalue weighted by Crippen LogP contribution is -2.24. The van der Waals surface area contributed by atoms with E-state index in [2.05, 4.69) is 15.7 Å². The van der Waals surface area contributed by atoms with Gasteiger partial charge in [-0.25, -0.2) is 4.68 Å². The highest BCUT2D eigenvalue weighted by molar-refractivity contribution is 6.30. The summed E-state index contributed by atoms with van der Waals surface area (Å²) < 4.78 is 12.1. The molecule has 1 unspecified atom stereocenters. The predicted molar refractivity (Wildman–Crippen MR) is 123 cm³/mol. The van der Waals surface area contributed by atoms with Crippen molar-refractivity contribution >= 4 is 34.9 Å². The normalized spacial score (nSPS) is 14.6. The molecular weight excluding hydrogens is 432 g/mol. The van der Waals surface area contributed by atoms with E-state index in [-0.39, 0.29) is 18.2 Å². The van der Waals surface area contributed by atoms with Crippen LogP contribution in [0.25, 0.3) is 11.1 Å². The first-order chi connectivity index (χ1) is 15.4. The first-order valence-corrected chi connectivity index (χ1v) is 10.5. The lowest BCUT2D eigenvalue weighted by atomic mass is 10.0. The zero-order chi connectivity index (χ0) is 22.8. The molecule has 8 nitrogen and oxygen atoms in total. The number of carbonyl (C=O) groups excluding carboxylic acids is 2. The highest BCUT2D eigenvalue weighted by Crippen LogP contribution is 2.39. The van der Waals surface area contributed by atoms with E-state index in [9.17, 15) is 9.59 Å². The molecule has 9 heteroatoms. The Kier molecular flexibility index (Phi) is 6.05. The zero-order valence-electron chi connectivity index (χ0n) is 17.9. The van der Waals surface area contributed by atoms with Crippen LogP contribution in [0.3, 0.4) is 0 Å². The SMILES string of the molecule is CCc1nn2c(c1-c1ccc(Cl)cc1)NC(=O)C2CC(=O)Nc1cc(OC)ccc1OC. The predicted octanol–water partition coefficient (Wildman–Crippen LogP) is 4.31. The number of amides is 2. The molecule has 166 valence electrons. The van der Waals surface area contributed by atoms with E-state index in [1.54, 1.807) is 42.1 Å². The van der Waals surface area contributed by atoms with Crippen LogP contribution in [0.15, 0.2) is 42.5 Å². The minimum absolute atomic E-state index is 0.0793. The average Bonchev–Trinajstić information content (AvgIpc) is 3.29. The number of carbonyl (C=O) groups is 2. The minimum atomic E-state index is -0.757. The number of aromatic nitrogens is 2. The fraction of sp³-hybridized carbons (Fsp3) is 0.261. The Balaban J connectivity index is 1.60. The van der Waals surface area contributed by atoms with Crippen LogP contribution in [0.4, 0.5) is 11.5 Å². The van der Waals surface area contributed by atoms with Gasteiger partial charge in [0.1, 0.15) is 23.4 Å². The van der Waals surface area contributed by atoms with Crippen LogP contribution >= 0.6 is 11.6 Å². The van der Waals surface area contributed by atoms with Crippen molar-refractivity contribution in [2.75, 3.05) is 24.9 Å². The molecule has 0 aliphatic carbocycles. The Morgan fingerprint density at radius 1 is 1.19 bits per heavy atom. The fourth-order valence-electron chi connectivity index (χ4n) is 3.77. The van der Waals surface area contributed by atoms with Crippen molar-refractivity contribution in [2.45, 2.75) is 25.8 Å². The maximum atomic E-state index is 12.8. The van der Waals surface area contributed by atoms with Crippen molar-refractivity contribution in [2.24, 2.45) is 0 Å². The lowest BCUT2D eigenvalue weighted by molar-refractivity contribution is -0.123. The van der Waals surface area contributed by atoms with Crippen molar-refractivity contribution < 1.29 is 19.1 Å². The number of ether oxygens (including phenoxy) is 2. The summed E-state index contributed by atoms with van der Waals surface area (Å²) in [6.45, 7) is 2.00. The quantitative estimate of drug-likeness (QED) is 0.555. The Bertz CT molecular complexity index is 1170. The molecule has 0 radical (unpaired) electrons. The molecule has 0 fully saturated rings. The number of hydrogen-bond donors (Lipinski definition) is 2. The maximum absolute atomic E-state index is 12.8. The summed E-state index contributed by atoms with van der Waals surface area (Å²) in [6.07, 6.45) is 0.595. The highest BCUT2D eigenvalue weighted by atomic mass is 35.5. The lowest BCUT2D eigenvalue weighted by Gasteiger charge is -2.13. The van der Waals surface area contributed by atoms with Gasteiger partial charge < -0.3 is 20.1 Å². The smallest absolute Gasteiger partial charge is 0.251 e. The number of aryl methyl sites for hydroxylation is 1. The van der Waals surface area contributed by atoms with Gasteiger partial charge in [0, 0.05) is 16.7 Å². The number of rotatable bonds is 7. The number of methoxy groups -OCH3 is 2. The van der Waals surface area contributed by atoms with Crippen LogP contribution in [-0.2, 0) is 16.0 Å². The molecule has 1 atom stereocenters. The molecule has 4 rings (SSSR count). The van der Waals surface area contributed by atoms with Gasteiger partial charge in [-0.2, -0.15) is 5.10 Å². The van der Waals surface area contributed by atoms with E-state index >= 15 is 0 Å². The van der Waals surface area contributed by atoms with Crippen molar-refractivity contribution in [1.29, 1.82) is 0 Å². The van der Waals surface area contributed by atoms with Crippen LogP contribution in [-0.4, -0.2) is 35.8 Å². The first-order valence-electron chi connectivity index (χ1n) is 10.1. The van der Waals surface area contributed by atoms with Crippen molar-refractivity contribution in [3.8, 4) is 22.6 Å². The third-order valence-electron chi connectivity index (χ3n) is 5.35. The molecule has 1 aromatic heterocycles. The second-order valence-electron chi connectivity index (χ2n) is 7.30. The number of fused-ring (bicyclic) bond motifs is 1. The summed E-state index contributed by atoms with van der Waals surface area (Å²) in [5.74, 6) is 1.04. The molecule has 1 aliphatic heterocycles. The number of nitrogens with one attached hydrogen (secondary N) is 2. The van der Waals surface area contributed by atoms with Crippen molar-refractivity contribution in [3.05, 3.63) is 53.2 Å². The molecule has 2 amide bonds. The Labute approximate surface area is 190 Å². The minimum Gasteiger partial charge on any atom is -0.497 e. The van der Waals surface area contributed by atoms with Crippen LogP contribution in [0.5, 0.6) is 11.5 Å². The van der Waals surface area contributed by atoms with Gasteiger partial charge in [0.05, 0.1) is 32.0 Å². The number of benzene rings is 2. The van der Waals surface area contributed by atoms with Crippen molar-refractivity contribution in [3.63, 3.8) is 0 Å². The van der Waals surface area contributed by atoms with Gasteiger partial charge in [0.15, 0.2) is 0 Å². The maximum Gasteiger partial charge on any atom is 0.251 e.